The van der Waals surface area contributed by atoms with E-state index in [1.807, 2.05) is 42.5 Å². The van der Waals surface area contributed by atoms with Gasteiger partial charge in [-0.3, -0.25) is 10.1 Å². The number of nitrogens with one attached hydrogen (secondary N) is 1. The maximum Gasteiger partial charge on any atom is 0.322 e. The third-order valence-corrected chi connectivity index (χ3v) is 3.86. The zero-order valence-corrected chi connectivity index (χ0v) is 13.8. The van der Waals surface area contributed by atoms with Crippen LogP contribution < -0.4 is 5.32 Å². The molecule has 4 aromatic rings. The van der Waals surface area contributed by atoms with Crippen molar-refractivity contribution in [3.8, 4) is 11.5 Å². The molecular formula is C17H10BrN3O3. The van der Waals surface area contributed by atoms with Crippen LogP contribution in [0.4, 0.5) is 6.01 Å². The van der Waals surface area contributed by atoms with E-state index in [0.29, 0.717) is 11.5 Å². The predicted molar refractivity (Wildman–Crippen MR) is 91.6 cm³/mol. The number of benzene rings is 2. The number of hydrogen-bond donors (Lipinski definition) is 1. The lowest BCUT2D eigenvalue weighted by Crippen LogP contribution is -2.10. The lowest BCUT2D eigenvalue weighted by Gasteiger charge is -1.97. The second-order valence-corrected chi connectivity index (χ2v) is 5.94. The van der Waals surface area contributed by atoms with Crippen molar-refractivity contribution in [1.82, 2.24) is 10.2 Å². The Hall–Kier alpha value is -2.93. The molecule has 7 heteroatoms. The number of carbonyl (C=O) groups is 1. The highest BCUT2D eigenvalue weighted by molar-refractivity contribution is 9.10. The Labute approximate surface area is 144 Å². The number of hydrogen-bond acceptors (Lipinski definition) is 5. The second kappa shape index (κ2) is 5.93. The minimum atomic E-state index is -0.448. The van der Waals surface area contributed by atoms with Crippen molar-refractivity contribution in [3.05, 3.63) is 64.8 Å². The van der Waals surface area contributed by atoms with Crippen molar-refractivity contribution in [3.63, 3.8) is 0 Å². The number of aromatic nitrogens is 2. The van der Waals surface area contributed by atoms with E-state index < -0.39 is 5.91 Å². The van der Waals surface area contributed by atoms with Crippen molar-refractivity contribution < 1.29 is 13.6 Å². The quantitative estimate of drug-likeness (QED) is 0.563. The molecule has 0 spiro atoms. The molecule has 24 heavy (non-hydrogen) atoms. The number of rotatable bonds is 3. The third-order valence-electron chi connectivity index (χ3n) is 3.37. The van der Waals surface area contributed by atoms with Crippen molar-refractivity contribution in [2.45, 2.75) is 0 Å². The highest BCUT2D eigenvalue weighted by Gasteiger charge is 2.16. The molecule has 0 aliphatic carbocycles. The van der Waals surface area contributed by atoms with Crippen molar-refractivity contribution in [2.75, 3.05) is 5.32 Å². The summed E-state index contributed by atoms with van der Waals surface area (Å²) in [6, 6.07) is 16.5. The van der Waals surface area contributed by atoms with Gasteiger partial charge in [0.05, 0.1) is 0 Å². The summed E-state index contributed by atoms with van der Waals surface area (Å²) in [6.07, 6.45) is 0. The van der Waals surface area contributed by atoms with Crippen LogP contribution in [0.2, 0.25) is 0 Å². The van der Waals surface area contributed by atoms with Gasteiger partial charge in [0.1, 0.15) is 5.58 Å². The van der Waals surface area contributed by atoms with Crippen LogP contribution in [-0.2, 0) is 0 Å². The number of para-hydroxylation sites is 1. The molecule has 0 radical (unpaired) electrons. The van der Waals surface area contributed by atoms with Crippen LogP contribution >= 0.6 is 15.9 Å². The Balaban J connectivity index is 1.56. The average Bonchev–Trinajstić information content (AvgIpc) is 3.21. The van der Waals surface area contributed by atoms with E-state index in [4.69, 9.17) is 8.83 Å². The van der Waals surface area contributed by atoms with E-state index in [2.05, 4.69) is 31.4 Å². The molecule has 0 aliphatic rings. The van der Waals surface area contributed by atoms with Crippen LogP contribution in [0, 0.1) is 0 Å². The van der Waals surface area contributed by atoms with Gasteiger partial charge in [-0.2, -0.15) is 0 Å². The lowest BCUT2D eigenvalue weighted by molar-refractivity contribution is 0.0996. The summed E-state index contributed by atoms with van der Waals surface area (Å²) in [6.45, 7) is 0. The standard InChI is InChI=1S/C17H10BrN3O3/c18-12-6-3-5-11(8-12)16-20-21-17(24-16)19-15(22)14-9-10-4-1-2-7-13(10)23-14/h1-9H,(H,19,21,22). The van der Waals surface area contributed by atoms with Gasteiger partial charge in [-0.15, -0.1) is 5.10 Å². The van der Waals surface area contributed by atoms with Crippen molar-refractivity contribution >= 4 is 38.8 Å². The number of anilines is 1. The Kier molecular flexibility index (Phi) is 3.62. The van der Waals surface area contributed by atoms with E-state index in [9.17, 15) is 4.79 Å². The fraction of sp³-hybridized carbons (Fsp3) is 0. The minimum absolute atomic E-state index is 0.00966. The zero-order chi connectivity index (χ0) is 16.5. The molecule has 1 N–H and O–H groups in total. The molecule has 2 aromatic carbocycles. The number of nitrogens with zero attached hydrogens (tertiary/aromatic N) is 2. The Morgan fingerprint density at radius 2 is 1.88 bits per heavy atom. The molecule has 0 fully saturated rings. The van der Waals surface area contributed by atoms with E-state index in [1.165, 1.54) is 0 Å². The van der Waals surface area contributed by atoms with Crippen LogP contribution in [0.15, 0.2) is 67.9 Å². The smallest absolute Gasteiger partial charge is 0.322 e. The van der Waals surface area contributed by atoms with Crippen LogP contribution in [0.1, 0.15) is 10.6 Å². The van der Waals surface area contributed by atoms with Crippen LogP contribution in [-0.4, -0.2) is 16.1 Å². The van der Waals surface area contributed by atoms with Crippen LogP contribution in [0.5, 0.6) is 0 Å². The maximum atomic E-state index is 12.2. The Morgan fingerprint density at radius 3 is 2.71 bits per heavy atom. The van der Waals surface area contributed by atoms with Gasteiger partial charge in [0.2, 0.25) is 5.89 Å². The first-order valence-electron chi connectivity index (χ1n) is 7.08. The first-order chi connectivity index (χ1) is 11.7. The normalized spacial score (nSPS) is 10.9. The summed E-state index contributed by atoms with van der Waals surface area (Å²) in [4.78, 5) is 12.2. The summed E-state index contributed by atoms with van der Waals surface area (Å²) in [5, 5.41) is 11.2. The van der Waals surface area contributed by atoms with Gasteiger partial charge in [0, 0.05) is 15.4 Å². The van der Waals surface area contributed by atoms with E-state index in [0.717, 1.165) is 15.4 Å². The molecule has 2 aromatic heterocycles. The Bertz CT molecular complexity index is 1010. The summed E-state index contributed by atoms with van der Waals surface area (Å²) in [7, 11) is 0. The van der Waals surface area contributed by atoms with E-state index in [1.54, 1.807) is 12.1 Å². The second-order valence-electron chi connectivity index (χ2n) is 5.03. The first-order valence-corrected chi connectivity index (χ1v) is 7.88. The van der Waals surface area contributed by atoms with Crippen LogP contribution in [0.3, 0.4) is 0 Å². The number of amides is 1. The summed E-state index contributed by atoms with van der Waals surface area (Å²) < 4.78 is 11.9. The molecule has 2 heterocycles. The van der Waals surface area contributed by atoms with Gasteiger partial charge in [-0.1, -0.05) is 45.3 Å². The summed E-state index contributed by atoms with van der Waals surface area (Å²) in [5.74, 6) is 0.0465. The van der Waals surface area contributed by atoms with Gasteiger partial charge in [-0.25, -0.2) is 0 Å². The average molecular weight is 384 g/mol. The van der Waals surface area contributed by atoms with Crippen molar-refractivity contribution in [2.24, 2.45) is 0 Å². The van der Waals surface area contributed by atoms with Crippen molar-refractivity contribution in [1.29, 1.82) is 0 Å². The van der Waals surface area contributed by atoms with Gasteiger partial charge >= 0.3 is 6.01 Å². The maximum absolute atomic E-state index is 12.2. The van der Waals surface area contributed by atoms with Gasteiger partial charge < -0.3 is 8.83 Å². The fourth-order valence-corrected chi connectivity index (χ4v) is 2.66. The molecule has 4 rings (SSSR count). The molecule has 118 valence electrons. The lowest BCUT2D eigenvalue weighted by atomic mass is 10.2. The SMILES string of the molecule is O=C(Nc1nnc(-c2cccc(Br)c2)o1)c1cc2ccccc2o1. The number of fused-ring (bicyclic) bond motifs is 1. The topological polar surface area (TPSA) is 81.2 Å². The molecular weight excluding hydrogens is 374 g/mol. The highest BCUT2D eigenvalue weighted by Crippen LogP contribution is 2.24. The number of furan rings is 1. The molecule has 0 atom stereocenters. The van der Waals surface area contributed by atoms with Crippen LogP contribution in [0.25, 0.3) is 22.4 Å². The molecule has 0 bridgehead atoms. The first kappa shape index (κ1) is 14.6. The zero-order valence-electron chi connectivity index (χ0n) is 12.2. The van der Waals surface area contributed by atoms with Gasteiger partial charge in [0.25, 0.3) is 5.91 Å². The molecule has 1 amide bonds. The summed E-state index contributed by atoms with van der Waals surface area (Å²) >= 11 is 3.38. The monoisotopic (exact) mass is 383 g/mol. The molecule has 0 saturated carbocycles. The van der Waals surface area contributed by atoms with Gasteiger partial charge in [-0.05, 0) is 30.3 Å². The van der Waals surface area contributed by atoms with E-state index >= 15 is 0 Å². The fourth-order valence-electron chi connectivity index (χ4n) is 2.26. The predicted octanol–water partition coefficient (Wildman–Crippen LogP) is 4.50. The number of halogens is 1. The third kappa shape index (κ3) is 2.81. The molecule has 0 saturated heterocycles. The summed E-state index contributed by atoms with van der Waals surface area (Å²) in [5.41, 5.74) is 1.39. The van der Waals surface area contributed by atoms with Gasteiger partial charge in [0.15, 0.2) is 5.76 Å². The largest absolute Gasteiger partial charge is 0.451 e. The molecule has 6 nitrogen and oxygen atoms in total. The number of carbonyl (C=O) groups excluding carboxylic acids is 1. The van der Waals surface area contributed by atoms with E-state index in [-0.39, 0.29) is 11.8 Å². The minimum Gasteiger partial charge on any atom is -0.451 e. The Morgan fingerprint density at radius 1 is 1.00 bits per heavy atom. The highest BCUT2D eigenvalue weighted by atomic mass is 79.9. The molecule has 0 unspecified atom stereocenters. The molecule has 0 aliphatic heterocycles.